The number of carbonyl (C=O) groups excluding carboxylic acids is 1. The Labute approximate surface area is 189 Å². The lowest BCUT2D eigenvalue weighted by molar-refractivity contribution is -0.121. The highest BCUT2D eigenvalue weighted by molar-refractivity contribution is 7.18. The van der Waals surface area contributed by atoms with Crippen LogP contribution in [-0.2, 0) is 24.1 Å². The number of benzene rings is 1. The third-order valence-electron chi connectivity index (χ3n) is 6.04. The molecule has 8 heteroatoms. The first-order valence-corrected chi connectivity index (χ1v) is 11.8. The molecule has 7 nitrogen and oxygen atoms in total. The molecule has 1 aliphatic carbocycles. The molecule has 5 rings (SSSR count). The van der Waals surface area contributed by atoms with Gasteiger partial charge in [0.15, 0.2) is 0 Å². The maximum Gasteiger partial charge on any atom is 0.259 e. The van der Waals surface area contributed by atoms with E-state index in [9.17, 15) is 9.59 Å². The number of amides is 1. The second kappa shape index (κ2) is 8.70. The van der Waals surface area contributed by atoms with Crippen molar-refractivity contribution in [2.45, 2.75) is 51.5 Å². The second-order valence-corrected chi connectivity index (χ2v) is 9.34. The number of hydrogen-bond acceptors (Lipinski definition) is 5. The average molecular weight is 448 g/mol. The van der Waals surface area contributed by atoms with Crippen molar-refractivity contribution in [2.75, 3.05) is 0 Å². The van der Waals surface area contributed by atoms with Crippen LogP contribution in [0.25, 0.3) is 15.9 Å². The van der Waals surface area contributed by atoms with Crippen molar-refractivity contribution in [3.05, 3.63) is 75.2 Å². The Morgan fingerprint density at radius 1 is 1.25 bits per heavy atom. The van der Waals surface area contributed by atoms with Gasteiger partial charge in [0.05, 0.1) is 17.8 Å². The fourth-order valence-corrected chi connectivity index (χ4v) is 5.58. The minimum atomic E-state index is -0.113. The predicted octanol–water partition coefficient (Wildman–Crippen LogP) is 3.86. The predicted molar refractivity (Wildman–Crippen MR) is 125 cm³/mol. The number of carbonyl (C=O) groups is 1. The van der Waals surface area contributed by atoms with Crippen molar-refractivity contribution >= 4 is 27.5 Å². The number of fused-ring (bicyclic) bond motifs is 3. The first-order chi connectivity index (χ1) is 15.6. The summed E-state index contributed by atoms with van der Waals surface area (Å²) in [4.78, 5) is 38.9. The standard InChI is InChI=1S/C24H25N5O2S/c1-15(16-6-8-17(9-7-16)29-13-12-25-14-29)26-21(30)11-10-20-27-23(31)22-18-4-2-3-5-19(18)32-24(22)28-20/h6-9,12-15H,2-5,10-11H2,1H3,(H,26,30)(H,27,28,31)/t15-/m1/s1. The van der Waals surface area contributed by atoms with Gasteiger partial charge < -0.3 is 14.9 Å². The zero-order chi connectivity index (χ0) is 22.1. The van der Waals surface area contributed by atoms with E-state index in [4.69, 9.17) is 0 Å². The van der Waals surface area contributed by atoms with Crippen molar-refractivity contribution in [2.24, 2.45) is 0 Å². The van der Waals surface area contributed by atoms with Crippen molar-refractivity contribution in [1.29, 1.82) is 0 Å². The van der Waals surface area contributed by atoms with Crippen molar-refractivity contribution < 1.29 is 4.79 Å². The summed E-state index contributed by atoms with van der Waals surface area (Å²) in [5.41, 5.74) is 3.16. The molecule has 4 aromatic rings. The molecule has 0 bridgehead atoms. The van der Waals surface area contributed by atoms with Gasteiger partial charge >= 0.3 is 0 Å². The monoisotopic (exact) mass is 447 g/mol. The Hall–Kier alpha value is -3.26. The Morgan fingerprint density at radius 2 is 2.06 bits per heavy atom. The van der Waals surface area contributed by atoms with Gasteiger partial charge in [-0.1, -0.05) is 12.1 Å². The molecule has 0 fully saturated rings. The van der Waals surface area contributed by atoms with Gasteiger partial charge in [-0.15, -0.1) is 11.3 Å². The highest BCUT2D eigenvalue weighted by Crippen LogP contribution is 2.33. The SMILES string of the molecule is C[C@@H](NC(=O)CCc1nc2sc3c(c2c(=O)[nH]1)CCCC3)c1ccc(-n2ccnc2)cc1. The number of H-pyrrole nitrogens is 1. The van der Waals surface area contributed by atoms with E-state index in [0.29, 0.717) is 12.2 Å². The molecule has 0 unspecified atom stereocenters. The van der Waals surface area contributed by atoms with E-state index in [-0.39, 0.29) is 23.9 Å². The quantitative estimate of drug-likeness (QED) is 0.469. The number of imidazole rings is 1. The van der Waals surface area contributed by atoms with E-state index < -0.39 is 0 Å². The van der Waals surface area contributed by atoms with Gasteiger partial charge in [-0.2, -0.15) is 0 Å². The molecule has 0 aliphatic heterocycles. The van der Waals surface area contributed by atoms with Crippen molar-refractivity contribution in [1.82, 2.24) is 24.8 Å². The Morgan fingerprint density at radius 3 is 2.84 bits per heavy atom. The van der Waals surface area contributed by atoms with Gasteiger partial charge in [0, 0.05) is 35.8 Å². The second-order valence-electron chi connectivity index (χ2n) is 8.25. The molecular formula is C24H25N5O2S. The maximum atomic E-state index is 12.7. The number of nitrogens with zero attached hydrogens (tertiary/aromatic N) is 3. The molecule has 3 aromatic heterocycles. The summed E-state index contributed by atoms with van der Waals surface area (Å²) in [6.45, 7) is 1.96. The summed E-state index contributed by atoms with van der Waals surface area (Å²) < 4.78 is 1.93. The van der Waals surface area contributed by atoms with Crippen LogP contribution < -0.4 is 10.9 Å². The topological polar surface area (TPSA) is 92.7 Å². The molecule has 1 amide bonds. The zero-order valence-corrected chi connectivity index (χ0v) is 18.7. The zero-order valence-electron chi connectivity index (χ0n) is 17.9. The van der Waals surface area contributed by atoms with E-state index in [1.165, 1.54) is 16.9 Å². The number of rotatable bonds is 6. The molecular weight excluding hydrogens is 422 g/mol. The third kappa shape index (κ3) is 4.10. The molecule has 1 aromatic carbocycles. The lowest BCUT2D eigenvalue weighted by Crippen LogP contribution is -2.27. The lowest BCUT2D eigenvalue weighted by Gasteiger charge is -2.15. The van der Waals surface area contributed by atoms with E-state index in [1.807, 2.05) is 42.0 Å². The number of thiophene rings is 1. The normalized spacial score (nSPS) is 14.3. The minimum absolute atomic E-state index is 0.0654. The number of aromatic amines is 1. The summed E-state index contributed by atoms with van der Waals surface area (Å²) >= 11 is 1.63. The molecule has 0 saturated heterocycles. The van der Waals surface area contributed by atoms with Gasteiger partial charge in [-0.05, 0) is 55.9 Å². The van der Waals surface area contributed by atoms with Gasteiger partial charge in [0.1, 0.15) is 10.7 Å². The summed E-state index contributed by atoms with van der Waals surface area (Å²) in [6, 6.07) is 7.91. The Kier molecular flexibility index (Phi) is 5.61. The van der Waals surface area contributed by atoms with Gasteiger partial charge in [0.25, 0.3) is 5.56 Å². The molecule has 0 saturated carbocycles. The van der Waals surface area contributed by atoms with Crippen LogP contribution in [0.3, 0.4) is 0 Å². The summed E-state index contributed by atoms with van der Waals surface area (Å²) in [7, 11) is 0. The first-order valence-electron chi connectivity index (χ1n) is 11.0. The first kappa shape index (κ1) is 20.6. The highest BCUT2D eigenvalue weighted by Gasteiger charge is 2.20. The largest absolute Gasteiger partial charge is 0.350 e. The van der Waals surface area contributed by atoms with Crippen LogP contribution in [0, 0.1) is 0 Å². The molecule has 1 aliphatic rings. The van der Waals surface area contributed by atoms with Crippen LogP contribution >= 0.6 is 11.3 Å². The van der Waals surface area contributed by atoms with Gasteiger partial charge in [-0.25, -0.2) is 9.97 Å². The van der Waals surface area contributed by atoms with Crippen LogP contribution in [-0.4, -0.2) is 25.4 Å². The number of aromatic nitrogens is 4. The van der Waals surface area contributed by atoms with Crippen molar-refractivity contribution in [3.63, 3.8) is 0 Å². The maximum absolute atomic E-state index is 12.7. The lowest BCUT2D eigenvalue weighted by atomic mass is 9.97. The summed E-state index contributed by atoms with van der Waals surface area (Å²) in [5.74, 6) is 0.512. The summed E-state index contributed by atoms with van der Waals surface area (Å²) in [6.07, 6.45) is 10.4. The van der Waals surface area contributed by atoms with Gasteiger partial charge in [0.2, 0.25) is 5.91 Å². The van der Waals surface area contributed by atoms with Crippen LogP contribution in [0.5, 0.6) is 0 Å². The fraction of sp³-hybridized carbons (Fsp3) is 0.333. The minimum Gasteiger partial charge on any atom is -0.350 e. The summed E-state index contributed by atoms with van der Waals surface area (Å²) in [5, 5.41) is 3.79. The van der Waals surface area contributed by atoms with Crippen LogP contribution in [0.2, 0.25) is 0 Å². The smallest absolute Gasteiger partial charge is 0.259 e. The molecule has 1 atom stereocenters. The third-order valence-corrected chi connectivity index (χ3v) is 7.22. The number of nitrogens with one attached hydrogen (secondary N) is 2. The molecule has 3 heterocycles. The van der Waals surface area contributed by atoms with Gasteiger partial charge in [-0.3, -0.25) is 9.59 Å². The molecule has 0 spiro atoms. The van der Waals surface area contributed by atoms with E-state index >= 15 is 0 Å². The molecule has 164 valence electrons. The van der Waals surface area contributed by atoms with Crippen LogP contribution in [0.4, 0.5) is 0 Å². The van der Waals surface area contributed by atoms with Crippen molar-refractivity contribution in [3.8, 4) is 5.69 Å². The molecule has 0 radical (unpaired) electrons. The van der Waals surface area contributed by atoms with E-state index in [0.717, 1.165) is 40.7 Å². The fourth-order valence-electron chi connectivity index (χ4n) is 4.30. The Balaban J connectivity index is 1.22. The van der Waals surface area contributed by atoms with Crippen LogP contribution in [0.15, 0.2) is 47.8 Å². The van der Waals surface area contributed by atoms with E-state index in [2.05, 4.69) is 20.3 Å². The molecule has 32 heavy (non-hydrogen) atoms. The van der Waals surface area contributed by atoms with E-state index in [1.54, 1.807) is 23.9 Å². The molecule has 2 N–H and O–H groups in total. The number of hydrogen-bond donors (Lipinski definition) is 2. The van der Waals surface area contributed by atoms with Crippen LogP contribution in [0.1, 0.15) is 54.1 Å². The average Bonchev–Trinajstić information content (AvgIpc) is 3.46. The Bertz CT molecular complexity index is 1300. The highest BCUT2D eigenvalue weighted by atomic mass is 32.1. The number of aryl methyl sites for hydroxylation is 3.